The maximum atomic E-state index is 13.1. The fraction of sp³-hybridized carbons (Fsp3) is 0.571. The van der Waals surface area contributed by atoms with Crippen LogP contribution < -0.4 is 0 Å². The lowest BCUT2D eigenvalue weighted by atomic mass is 10.2. The summed E-state index contributed by atoms with van der Waals surface area (Å²) in [6, 6.07) is 4.68. The third kappa shape index (κ3) is 4.43. The first-order chi connectivity index (χ1) is 9.26. The molecule has 3 nitrogen and oxygen atoms in total. The number of rotatable bonds is 6. The van der Waals surface area contributed by atoms with Crippen LogP contribution in [0.5, 0.6) is 0 Å². The molecule has 0 aliphatic heterocycles. The van der Waals surface area contributed by atoms with Crippen LogP contribution in [0.4, 0.5) is 4.39 Å². The van der Waals surface area contributed by atoms with Crippen LogP contribution in [0, 0.1) is 5.82 Å². The van der Waals surface area contributed by atoms with E-state index in [2.05, 4.69) is 4.90 Å². The van der Waals surface area contributed by atoms with Crippen LogP contribution in [0.1, 0.15) is 25.3 Å². The van der Waals surface area contributed by atoms with Crippen LogP contribution in [0.25, 0.3) is 0 Å². The van der Waals surface area contributed by atoms with Gasteiger partial charge in [0.1, 0.15) is 15.7 Å². The third-order valence-electron chi connectivity index (χ3n) is 3.49. The highest BCUT2D eigenvalue weighted by molar-refractivity contribution is 7.90. The number of nitrogens with zero attached hydrogens (tertiary/aromatic N) is 1. The molecular formula is C14H19ClFNO2S. The Morgan fingerprint density at radius 3 is 2.60 bits per heavy atom. The second-order valence-electron chi connectivity index (χ2n) is 5.58. The molecule has 20 heavy (non-hydrogen) atoms. The first-order valence-corrected chi connectivity index (χ1v) is 9.07. The first-order valence-electron chi connectivity index (χ1n) is 6.63. The summed E-state index contributed by atoms with van der Waals surface area (Å²) < 4.78 is 36.0. The summed E-state index contributed by atoms with van der Waals surface area (Å²) in [5, 5.41) is 0.391. The van der Waals surface area contributed by atoms with Gasteiger partial charge in [0.2, 0.25) is 0 Å². The molecule has 1 aromatic carbocycles. The first kappa shape index (κ1) is 15.7. The topological polar surface area (TPSA) is 37.4 Å². The zero-order valence-electron chi connectivity index (χ0n) is 11.6. The van der Waals surface area contributed by atoms with E-state index in [0.717, 1.165) is 18.4 Å². The van der Waals surface area contributed by atoms with Gasteiger partial charge in [0.05, 0.1) is 5.75 Å². The van der Waals surface area contributed by atoms with E-state index >= 15 is 0 Å². The van der Waals surface area contributed by atoms with E-state index < -0.39 is 9.84 Å². The minimum atomic E-state index is -3.02. The van der Waals surface area contributed by atoms with Crippen molar-refractivity contribution in [2.24, 2.45) is 0 Å². The lowest BCUT2D eigenvalue weighted by molar-refractivity contribution is 0.204. The van der Waals surface area contributed by atoms with E-state index in [4.69, 9.17) is 11.6 Å². The van der Waals surface area contributed by atoms with Crippen molar-refractivity contribution in [3.8, 4) is 0 Å². The predicted octanol–water partition coefficient (Wildman–Crippen LogP) is 2.88. The zero-order valence-corrected chi connectivity index (χ0v) is 13.2. The van der Waals surface area contributed by atoms with Gasteiger partial charge in [-0.05, 0) is 37.5 Å². The Balaban J connectivity index is 2.13. The molecular weight excluding hydrogens is 301 g/mol. The van der Waals surface area contributed by atoms with Gasteiger partial charge < -0.3 is 0 Å². The average Bonchev–Trinajstić information content (AvgIpc) is 3.09. The van der Waals surface area contributed by atoms with Crippen molar-refractivity contribution in [2.45, 2.75) is 38.4 Å². The van der Waals surface area contributed by atoms with Crippen LogP contribution in [-0.2, 0) is 16.4 Å². The lowest BCUT2D eigenvalue weighted by Gasteiger charge is -2.29. The third-order valence-corrected chi connectivity index (χ3v) is 4.93. The largest absolute Gasteiger partial charge is 0.292 e. The highest BCUT2D eigenvalue weighted by Crippen LogP contribution is 2.32. The van der Waals surface area contributed by atoms with Crippen LogP contribution in [0.15, 0.2) is 18.2 Å². The molecule has 0 heterocycles. The minimum Gasteiger partial charge on any atom is -0.292 e. The summed E-state index contributed by atoms with van der Waals surface area (Å²) >= 11 is 6.05. The van der Waals surface area contributed by atoms with Crippen molar-refractivity contribution in [3.63, 3.8) is 0 Å². The lowest BCUT2D eigenvalue weighted by Crippen LogP contribution is -2.39. The maximum Gasteiger partial charge on any atom is 0.148 e. The van der Waals surface area contributed by atoms with Crippen LogP contribution in [-0.4, -0.2) is 37.4 Å². The summed E-state index contributed by atoms with van der Waals surface area (Å²) in [7, 11) is -3.02. The van der Waals surface area contributed by atoms with E-state index in [1.165, 1.54) is 18.4 Å². The van der Waals surface area contributed by atoms with Gasteiger partial charge in [-0.1, -0.05) is 17.7 Å². The van der Waals surface area contributed by atoms with Crippen LogP contribution >= 0.6 is 11.6 Å². The normalized spacial score (nSPS) is 17.4. The molecule has 1 atom stereocenters. The van der Waals surface area contributed by atoms with Crippen molar-refractivity contribution in [1.29, 1.82) is 0 Å². The van der Waals surface area contributed by atoms with E-state index in [-0.39, 0.29) is 17.6 Å². The molecule has 0 spiro atoms. The molecule has 1 aliphatic rings. The molecule has 1 aromatic rings. The Kier molecular flexibility index (Phi) is 4.72. The van der Waals surface area contributed by atoms with E-state index in [0.29, 0.717) is 17.6 Å². The van der Waals surface area contributed by atoms with Crippen molar-refractivity contribution in [3.05, 3.63) is 34.6 Å². The molecule has 112 valence electrons. The number of halogens is 2. The highest BCUT2D eigenvalue weighted by atomic mass is 35.5. The average molecular weight is 320 g/mol. The van der Waals surface area contributed by atoms with Gasteiger partial charge in [-0.25, -0.2) is 12.8 Å². The van der Waals surface area contributed by atoms with Crippen molar-refractivity contribution in [1.82, 2.24) is 4.90 Å². The number of hydrogen-bond acceptors (Lipinski definition) is 3. The Bertz CT molecular complexity index is 587. The molecule has 0 bridgehead atoms. The van der Waals surface area contributed by atoms with Gasteiger partial charge in [-0.2, -0.15) is 0 Å². The molecule has 0 radical (unpaired) electrons. The Morgan fingerprint density at radius 1 is 1.45 bits per heavy atom. The molecule has 1 saturated carbocycles. The monoisotopic (exact) mass is 319 g/mol. The summed E-state index contributed by atoms with van der Waals surface area (Å²) in [4.78, 5) is 2.15. The Morgan fingerprint density at radius 2 is 2.10 bits per heavy atom. The van der Waals surface area contributed by atoms with Gasteiger partial charge in [0, 0.05) is 29.9 Å². The molecule has 0 N–H and O–H groups in total. The number of sulfone groups is 1. The SMILES string of the molecule is C[C@@H](CS(C)(=O)=O)N(Cc1ccc(F)cc1Cl)C1CC1. The van der Waals surface area contributed by atoms with Gasteiger partial charge in [0.15, 0.2) is 0 Å². The Hall–Kier alpha value is -0.650. The fourth-order valence-corrected chi connectivity index (χ4v) is 3.73. The summed E-state index contributed by atoms with van der Waals surface area (Å²) in [5.74, 6) is -0.233. The second kappa shape index (κ2) is 6.00. The van der Waals surface area contributed by atoms with Crippen LogP contribution in [0.2, 0.25) is 5.02 Å². The van der Waals surface area contributed by atoms with Crippen molar-refractivity contribution in [2.75, 3.05) is 12.0 Å². The van der Waals surface area contributed by atoms with Gasteiger partial charge in [0.25, 0.3) is 0 Å². The fourth-order valence-electron chi connectivity index (χ4n) is 2.43. The van der Waals surface area contributed by atoms with Crippen molar-refractivity contribution < 1.29 is 12.8 Å². The minimum absolute atomic E-state index is 0.0707. The maximum absolute atomic E-state index is 13.1. The molecule has 1 fully saturated rings. The van der Waals surface area contributed by atoms with Crippen molar-refractivity contribution >= 4 is 21.4 Å². The molecule has 0 unspecified atom stereocenters. The number of benzene rings is 1. The molecule has 1 aliphatic carbocycles. The molecule has 2 rings (SSSR count). The smallest absolute Gasteiger partial charge is 0.148 e. The molecule has 6 heteroatoms. The molecule has 0 aromatic heterocycles. The summed E-state index contributed by atoms with van der Waals surface area (Å²) in [6.45, 7) is 2.47. The second-order valence-corrected chi connectivity index (χ2v) is 8.17. The Labute approximate surface area is 124 Å². The van der Waals surface area contributed by atoms with Gasteiger partial charge >= 0.3 is 0 Å². The standard InChI is InChI=1S/C14H19ClFNO2S/c1-10(9-20(2,18)19)17(13-5-6-13)8-11-3-4-12(16)7-14(11)15/h3-4,7,10,13H,5-6,8-9H2,1-2H3/t10-/m0/s1. The predicted molar refractivity (Wildman–Crippen MR) is 79.1 cm³/mol. The van der Waals surface area contributed by atoms with E-state index in [1.807, 2.05) is 6.92 Å². The van der Waals surface area contributed by atoms with Crippen LogP contribution in [0.3, 0.4) is 0 Å². The van der Waals surface area contributed by atoms with E-state index in [1.54, 1.807) is 6.07 Å². The van der Waals surface area contributed by atoms with Gasteiger partial charge in [-0.3, -0.25) is 4.90 Å². The molecule has 0 saturated heterocycles. The number of hydrogen-bond donors (Lipinski definition) is 0. The quantitative estimate of drug-likeness (QED) is 0.809. The van der Waals surface area contributed by atoms with Gasteiger partial charge in [-0.15, -0.1) is 0 Å². The zero-order chi connectivity index (χ0) is 14.9. The van der Waals surface area contributed by atoms with E-state index in [9.17, 15) is 12.8 Å². The highest BCUT2D eigenvalue weighted by Gasteiger charge is 2.33. The summed E-state index contributed by atoms with van der Waals surface area (Å²) in [5.41, 5.74) is 0.834. The molecule has 0 amide bonds. The summed E-state index contributed by atoms with van der Waals surface area (Å²) in [6.07, 6.45) is 3.40.